The highest BCUT2D eigenvalue weighted by Crippen LogP contribution is 2.31. The molecule has 0 radical (unpaired) electrons. The topological polar surface area (TPSA) is 65.6 Å². The molecule has 3 N–H and O–H groups in total. The lowest BCUT2D eigenvalue weighted by molar-refractivity contribution is 0.502. The van der Waals surface area contributed by atoms with Crippen molar-refractivity contribution < 1.29 is 0 Å². The molecule has 0 atom stereocenters. The maximum atomic E-state index is 4.16. The van der Waals surface area contributed by atoms with Gasteiger partial charge in [-0.2, -0.15) is 15.4 Å². The van der Waals surface area contributed by atoms with E-state index in [0.717, 1.165) is 35.3 Å². The Bertz CT molecular complexity index is 938. The van der Waals surface area contributed by atoms with Crippen LogP contribution in [0.2, 0.25) is 0 Å². The Balaban J connectivity index is 1.46. The van der Waals surface area contributed by atoms with Crippen molar-refractivity contribution >= 4 is 22.4 Å². The highest BCUT2D eigenvalue weighted by atomic mass is 15.3. The number of nitrogens with zero attached hydrogens (tertiary/aromatic N) is 2. The average Bonchev–Trinajstić information content (AvgIpc) is 3.06. The van der Waals surface area contributed by atoms with Crippen molar-refractivity contribution in [1.82, 2.24) is 20.7 Å². The van der Waals surface area contributed by atoms with Crippen LogP contribution in [0.4, 0.5) is 5.69 Å². The van der Waals surface area contributed by atoms with Gasteiger partial charge < -0.3 is 10.6 Å². The molecule has 0 unspecified atom stereocenters. The van der Waals surface area contributed by atoms with Crippen molar-refractivity contribution in [3.63, 3.8) is 0 Å². The zero-order valence-electron chi connectivity index (χ0n) is 14.7. The van der Waals surface area contributed by atoms with Crippen LogP contribution in [-0.4, -0.2) is 20.9 Å². The standard InChI is InChI=1S/C20H23N5/c1-13(16-6-7-17-19(11-16)24-25-23-17)21-12-14-4-5-15-8-9-20(2,3)22-18(15)10-14/h4-7,10-11,21-22H,1,8-9,12H2,2-3H3,(H,23,24,25). The molecule has 1 aromatic heterocycles. The summed E-state index contributed by atoms with van der Waals surface area (Å²) < 4.78 is 0. The van der Waals surface area contributed by atoms with Crippen LogP contribution in [0.3, 0.4) is 0 Å². The zero-order valence-corrected chi connectivity index (χ0v) is 14.7. The highest BCUT2D eigenvalue weighted by Gasteiger charge is 2.23. The lowest BCUT2D eigenvalue weighted by Crippen LogP contribution is -2.35. The third kappa shape index (κ3) is 3.22. The molecule has 5 nitrogen and oxygen atoms in total. The van der Waals surface area contributed by atoms with Gasteiger partial charge >= 0.3 is 0 Å². The first kappa shape index (κ1) is 15.7. The molecule has 25 heavy (non-hydrogen) atoms. The molecule has 0 saturated heterocycles. The normalized spacial score (nSPS) is 15.4. The molecule has 2 heterocycles. The summed E-state index contributed by atoms with van der Waals surface area (Å²) in [5.41, 5.74) is 7.68. The molecule has 3 aromatic rings. The fourth-order valence-electron chi connectivity index (χ4n) is 3.28. The third-order valence-corrected chi connectivity index (χ3v) is 4.84. The zero-order chi connectivity index (χ0) is 17.4. The summed E-state index contributed by atoms with van der Waals surface area (Å²) in [6.45, 7) is 9.40. The summed E-state index contributed by atoms with van der Waals surface area (Å²) in [6, 6.07) is 12.6. The lowest BCUT2D eigenvalue weighted by Gasteiger charge is -2.34. The van der Waals surface area contributed by atoms with Crippen LogP contribution < -0.4 is 10.6 Å². The number of fused-ring (bicyclic) bond motifs is 2. The maximum Gasteiger partial charge on any atom is 0.113 e. The van der Waals surface area contributed by atoms with Gasteiger partial charge in [-0.15, -0.1) is 0 Å². The van der Waals surface area contributed by atoms with Crippen LogP contribution in [0.15, 0.2) is 43.0 Å². The number of hydrogen-bond acceptors (Lipinski definition) is 4. The van der Waals surface area contributed by atoms with Crippen molar-refractivity contribution in [3.05, 3.63) is 59.7 Å². The van der Waals surface area contributed by atoms with Gasteiger partial charge in [-0.1, -0.05) is 24.8 Å². The Kier molecular flexibility index (Phi) is 3.71. The van der Waals surface area contributed by atoms with E-state index in [1.807, 2.05) is 18.2 Å². The van der Waals surface area contributed by atoms with E-state index in [1.165, 1.54) is 23.2 Å². The predicted octanol–water partition coefficient (Wildman–Crippen LogP) is 3.86. The quantitative estimate of drug-likeness (QED) is 0.678. The largest absolute Gasteiger partial charge is 0.381 e. The number of aryl methyl sites for hydroxylation is 1. The minimum absolute atomic E-state index is 0.162. The number of H-pyrrole nitrogens is 1. The van der Waals surface area contributed by atoms with Gasteiger partial charge in [-0.25, -0.2) is 0 Å². The van der Waals surface area contributed by atoms with Crippen molar-refractivity contribution in [2.75, 3.05) is 5.32 Å². The van der Waals surface area contributed by atoms with E-state index in [1.54, 1.807) is 0 Å². The smallest absolute Gasteiger partial charge is 0.113 e. The molecule has 0 saturated carbocycles. The minimum Gasteiger partial charge on any atom is -0.381 e. The maximum absolute atomic E-state index is 4.16. The summed E-state index contributed by atoms with van der Waals surface area (Å²) >= 11 is 0. The fraction of sp³-hybridized carbons (Fsp3) is 0.300. The summed E-state index contributed by atoms with van der Waals surface area (Å²) in [7, 11) is 0. The van der Waals surface area contributed by atoms with Crippen LogP contribution >= 0.6 is 0 Å². The summed E-state index contributed by atoms with van der Waals surface area (Å²) in [5.74, 6) is 0. The molecule has 2 aromatic carbocycles. The number of aromatic nitrogens is 3. The van der Waals surface area contributed by atoms with Crippen molar-refractivity contribution in [1.29, 1.82) is 0 Å². The van der Waals surface area contributed by atoms with E-state index in [4.69, 9.17) is 0 Å². The molecule has 0 bridgehead atoms. The number of aromatic amines is 1. The van der Waals surface area contributed by atoms with E-state index in [0.29, 0.717) is 0 Å². The molecule has 4 rings (SSSR count). The van der Waals surface area contributed by atoms with Gasteiger partial charge in [0.25, 0.3) is 0 Å². The molecule has 0 aliphatic carbocycles. The van der Waals surface area contributed by atoms with E-state index in [2.05, 4.69) is 64.7 Å². The number of nitrogens with one attached hydrogen (secondary N) is 3. The Hall–Kier alpha value is -2.82. The number of rotatable bonds is 4. The first-order chi connectivity index (χ1) is 12.0. The molecule has 1 aliphatic heterocycles. The van der Waals surface area contributed by atoms with Crippen LogP contribution in [0.5, 0.6) is 0 Å². The number of anilines is 1. The van der Waals surface area contributed by atoms with E-state index in [-0.39, 0.29) is 5.54 Å². The minimum atomic E-state index is 0.162. The highest BCUT2D eigenvalue weighted by molar-refractivity contribution is 5.79. The summed E-state index contributed by atoms with van der Waals surface area (Å²) in [4.78, 5) is 0. The molecule has 1 aliphatic rings. The van der Waals surface area contributed by atoms with E-state index >= 15 is 0 Å². The predicted molar refractivity (Wildman–Crippen MR) is 102 cm³/mol. The van der Waals surface area contributed by atoms with Crippen LogP contribution in [0.25, 0.3) is 16.7 Å². The van der Waals surface area contributed by atoms with Crippen molar-refractivity contribution in [2.45, 2.75) is 38.8 Å². The lowest BCUT2D eigenvalue weighted by atomic mass is 9.89. The molecule has 128 valence electrons. The van der Waals surface area contributed by atoms with Gasteiger partial charge in [0, 0.05) is 23.5 Å². The SMILES string of the molecule is C=C(NCc1ccc2c(c1)NC(C)(C)CC2)c1ccc2n[nH]nc2c1. The van der Waals surface area contributed by atoms with Crippen LogP contribution in [-0.2, 0) is 13.0 Å². The molecular formula is C20H23N5. The number of hydrogen-bond donors (Lipinski definition) is 3. The van der Waals surface area contributed by atoms with Crippen molar-refractivity contribution in [2.24, 2.45) is 0 Å². The average molecular weight is 333 g/mol. The molecule has 0 fully saturated rings. The Morgan fingerprint density at radius 3 is 2.88 bits per heavy atom. The third-order valence-electron chi connectivity index (χ3n) is 4.84. The van der Waals surface area contributed by atoms with Gasteiger partial charge in [0.15, 0.2) is 0 Å². The van der Waals surface area contributed by atoms with E-state index in [9.17, 15) is 0 Å². The number of benzene rings is 2. The Morgan fingerprint density at radius 2 is 2.00 bits per heavy atom. The van der Waals surface area contributed by atoms with Gasteiger partial charge in [0.1, 0.15) is 11.0 Å². The summed E-state index contributed by atoms with van der Waals surface area (Å²) in [6.07, 6.45) is 2.30. The van der Waals surface area contributed by atoms with Crippen LogP contribution in [0.1, 0.15) is 37.0 Å². The molecule has 0 amide bonds. The van der Waals surface area contributed by atoms with E-state index < -0.39 is 0 Å². The first-order valence-corrected chi connectivity index (χ1v) is 8.64. The Labute approximate surface area is 147 Å². The summed E-state index contributed by atoms with van der Waals surface area (Å²) in [5, 5.41) is 17.9. The van der Waals surface area contributed by atoms with Crippen molar-refractivity contribution in [3.8, 4) is 0 Å². The van der Waals surface area contributed by atoms with Gasteiger partial charge in [0.05, 0.1) is 0 Å². The van der Waals surface area contributed by atoms with Gasteiger partial charge in [-0.05, 0) is 61.6 Å². The van der Waals surface area contributed by atoms with Gasteiger partial charge in [0.2, 0.25) is 0 Å². The van der Waals surface area contributed by atoms with Gasteiger partial charge in [-0.3, -0.25) is 0 Å². The van der Waals surface area contributed by atoms with Crippen LogP contribution in [0, 0.1) is 0 Å². The second-order valence-electron chi connectivity index (χ2n) is 7.36. The molecule has 0 spiro atoms. The Morgan fingerprint density at radius 1 is 1.16 bits per heavy atom. The second kappa shape index (κ2) is 5.92. The second-order valence-corrected chi connectivity index (χ2v) is 7.36. The monoisotopic (exact) mass is 333 g/mol. The fourth-order valence-corrected chi connectivity index (χ4v) is 3.28. The first-order valence-electron chi connectivity index (χ1n) is 8.64. The molecule has 5 heteroatoms. The molecular weight excluding hydrogens is 310 g/mol.